The monoisotopic (exact) mass is 297 g/mol. The lowest BCUT2D eigenvalue weighted by Gasteiger charge is -2.24. The van der Waals surface area contributed by atoms with E-state index < -0.39 is 0 Å². The first-order chi connectivity index (χ1) is 10.5. The SMILES string of the molecule is Cc1ccc2nc(C3CC3)cc(C(=O)N(C)C(C)CN)c2c1. The average molecular weight is 297 g/mol. The highest BCUT2D eigenvalue weighted by Crippen LogP contribution is 2.40. The second-order valence-corrected chi connectivity index (χ2v) is 6.39. The molecule has 1 amide bonds. The number of benzene rings is 1. The fraction of sp³-hybridized carbons (Fsp3) is 0.444. The van der Waals surface area contributed by atoms with E-state index in [2.05, 4.69) is 0 Å². The van der Waals surface area contributed by atoms with Gasteiger partial charge >= 0.3 is 0 Å². The standard InChI is InChI=1S/C18H23N3O/c1-11-4-7-16-14(8-11)15(9-17(20-16)13-5-6-13)18(22)21(3)12(2)10-19/h4,7-9,12-13H,5-6,10,19H2,1-3H3. The van der Waals surface area contributed by atoms with Crippen LogP contribution < -0.4 is 5.73 Å². The quantitative estimate of drug-likeness (QED) is 0.944. The minimum atomic E-state index is 0.0184. The van der Waals surface area contributed by atoms with E-state index in [1.165, 1.54) is 12.8 Å². The van der Waals surface area contributed by atoms with Crippen molar-refractivity contribution >= 4 is 16.8 Å². The van der Waals surface area contributed by atoms with E-state index in [-0.39, 0.29) is 11.9 Å². The number of pyridine rings is 1. The van der Waals surface area contributed by atoms with Gasteiger partial charge in [0.15, 0.2) is 0 Å². The van der Waals surface area contributed by atoms with Crippen LogP contribution in [-0.2, 0) is 0 Å². The molecule has 1 atom stereocenters. The minimum absolute atomic E-state index is 0.0184. The molecule has 2 aromatic rings. The Morgan fingerprint density at radius 1 is 1.41 bits per heavy atom. The maximum atomic E-state index is 12.9. The number of aryl methyl sites for hydroxylation is 1. The molecule has 1 saturated carbocycles. The molecule has 0 spiro atoms. The second-order valence-electron chi connectivity index (χ2n) is 6.39. The normalized spacial score (nSPS) is 15.8. The summed E-state index contributed by atoms with van der Waals surface area (Å²) in [6, 6.07) is 8.12. The predicted octanol–water partition coefficient (Wildman–Crippen LogP) is 2.84. The van der Waals surface area contributed by atoms with Gasteiger partial charge in [0.05, 0.1) is 11.1 Å². The van der Waals surface area contributed by atoms with Crippen molar-refractivity contribution in [3.8, 4) is 0 Å². The van der Waals surface area contributed by atoms with Gasteiger partial charge in [0.1, 0.15) is 0 Å². The first-order valence-electron chi connectivity index (χ1n) is 7.89. The predicted molar refractivity (Wildman–Crippen MR) is 89.1 cm³/mol. The number of amides is 1. The van der Waals surface area contributed by atoms with E-state index in [9.17, 15) is 4.79 Å². The summed E-state index contributed by atoms with van der Waals surface area (Å²) in [5.74, 6) is 0.548. The third-order valence-corrected chi connectivity index (χ3v) is 4.53. The minimum Gasteiger partial charge on any atom is -0.338 e. The Kier molecular flexibility index (Phi) is 3.87. The Morgan fingerprint density at radius 3 is 2.77 bits per heavy atom. The molecule has 1 aromatic carbocycles. The number of fused-ring (bicyclic) bond motifs is 1. The van der Waals surface area contributed by atoms with E-state index in [0.29, 0.717) is 12.5 Å². The topological polar surface area (TPSA) is 59.2 Å². The van der Waals surface area contributed by atoms with Gasteiger partial charge in [0.2, 0.25) is 0 Å². The van der Waals surface area contributed by atoms with Crippen LogP contribution in [0.3, 0.4) is 0 Å². The molecular formula is C18H23N3O. The maximum Gasteiger partial charge on any atom is 0.254 e. The van der Waals surface area contributed by atoms with Crippen LogP contribution in [0.4, 0.5) is 0 Å². The number of hydrogen-bond donors (Lipinski definition) is 1. The summed E-state index contributed by atoms with van der Waals surface area (Å²) in [6.07, 6.45) is 2.35. The summed E-state index contributed by atoms with van der Waals surface area (Å²) in [6.45, 7) is 4.46. The molecule has 0 aliphatic heterocycles. The first kappa shape index (κ1) is 15.0. The molecule has 1 unspecified atom stereocenters. The van der Waals surface area contributed by atoms with E-state index in [4.69, 9.17) is 10.7 Å². The molecule has 1 fully saturated rings. The molecule has 1 aliphatic carbocycles. The fourth-order valence-electron chi connectivity index (χ4n) is 2.67. The smallest absolute Gasteiger partial charge is 0.254 e. The van der Waals surface area contributed by atoms with Crippen LogP contribution >= 0.6 is 0 Å². The van der Waals surface area contributed by atoms with Gasteiger partial charge in [-0.15, -0.1) is 0 Å². The van der Waals surface area contributed by atoms with E-state index in [1.807, 2.05) is 45.2 Å². The highest BCUT2D eigenvalue weighted by molar-refractivity contribution is 6.06. The number of carbonyl (C=O) groups is 1. The van der Waals surface area contributed by atoms with Gasteiger partial charge in [0.25, 0.3) is 5.91 Å². The molecular weight excluding hydrogens is 274 g/mol. The number of nitrogens with two attached hydrogens (primary N) is 1. The van der Waals surface area contributed by atoms with Gasteiger partial charge in [-0.25, -0.2) is 0 Å². The Morgan fingerprint density at radius 2 is 2.14 bits per heavy atom. The van der Waals surface area contributed by atoms with Crippen LogP contribution in [0.5, 0.6) is 0 Å². The van der Waals surface area contributed by atoms with Crippen LogP contribution in [0.1, 0.15) is 47.3 Å². The van der Waals surface area contributed by atoms with Gasteiger partial charge in [-0.2, -0.15) is 0 Å². The van der Waals surface area contributed by atoms with Gasteiger partial charge in [-0.1, -0.05) is 11.6 Å². The lowest BCUT2D eigenvalue weighted by molar-refractivity contribution is 0.0750. The van der Waals surface area contributed by atoms with Crippen molar-refractivity contribution < 1.29 is 4.79 Å². The van der Waals surface area contributed by atoms with Crippen molar-refractivity contribution in [3.63, 3.8) is 0 Å². The van der Waals surface area contributed by atoms with Crippen LogP contribution in [0.15, 0.2) is 24.3 Å². The van der Waals surface area contributed by atoms with Crippen molar-refractivity contribution in [2.75, 3.05) is 13.6 Å². The van der Waals surface area contributed by atoms with Crippen molar-refractivity contribution in [2.24, 2.45) is 5.73 Å². The number of carbonyl (C=O) groups excluding carboxylic acids is 1. The van der Waals surface area contributed by atoms with Crippen LogP contribution in [0, 0.1) is 6.92 Å². The third-order valence-electron chi connectivity index (χ3n) is 4.53. The summed E-state index contributed by atoms with van der Waals surface area (Å²) in [5.41, 5.74) is 9.55. The Balaban J connectivity index is 2.13. The van der Waals surface area contributed by atoms with E-state index >= 15 is 0 Å². The molecule has 0 bridgehead atoms. The van der Waals surface area contributed by atoms with E-state index in [1.54, 1.807) is 4.90 Å². The number of rotatable bonds is 4. The molecule has 116 valence electrons. The Labute approximate surface area is 131 Å². The van der Waals surface area contributed by atoms with Gasteiger partial charge in [0, 0.05) is 36.6 Å². The molecule has 3 rings (SSSR count). The number of aromatic nitrogens is 1. The van der Waals surface area contributed by atoms with Crippen LogP contribution in [0.2, 0.25) is 0 Å². The van der Waals surface area contributed by atoms with Crippen molar-refractivity contribution in [3.05, 3.63) is 41.1 Å². The summed E-state index contributed by atoms with van der Waals surface area (Å²) in [7, 11) is 1.82. The van der Waals surface area contributed by atoms with Gasteiger partial charge < -0.3 is 10.6 Å². The molecule has 2 N–H and O–H groups in total. The molecule has 1 aliphatic rings. The van der Waals surface area contributed by atoms with Crippen LogP contribution in [0.25, 0.3) is 10.9 Å². The Bertz CT molecular complexity index is 722. The highest BCUT2D eigenvalue weighted by atomic mass is 16.2. The first-order valence-corrected chi connectivity index (χ1v) is 7.89. The summed E-state index contributed by atoms with van der Waals surface area (Å²) < 4.78 is 0. The molecule has 1 heterocycles. The zero-order valence-corrected chi connectivity index (χ0v) is 13.5. The third kappa shape index (κ3) is 2.71. The number of hydrogen-bond acceptors (Lipinski definition) is 3. The second kappa shape index (κ2) is 5.69. The number of nitrogens with zero attached hydrogens (tertiary/aromatic N) is 2. The number of likely N-dealkylation sites (N-methyl/N-ethyl adjacent to an activating group) is 1. The maximum absolute atomic E-state index is 12.9. The molecule has 1 aromatic heterocycles. The highest BCUT2D eigenvalue weighted by Gasteiger charge is 2.28. The average Bonchev–Trinajstić information content (AvgIpc) is 3.36. The van der Waals surface area contributed by atoms with E-state index in [0.717, 1.165) is 27.7 Å². The van der Waals surface area contributed by atoms with Crippen molar-refractivity contribution in [2.45, 2.75) is 38.6 Å². The van der Waals surface area contributed by atoms with Crippen LogP contribution in [-0.4, -0.2) is 35.4 Å². The van der Waals surface area contributed by atoms with Crippen molar-refractivity contribution in [1.29, 1.82) is 0 Å². The lowest BCUT2D eigenvalue weighted by Crippen LogP contribution is -2.39. The summed E-state index contributed by atoms with van der Waals surface area (Å²) >= 11 is 0. The molecule has 4 heteroatoms. The zero-order chi connectivity index (χ0) is 15.9. The lowest BCUT2D eigenvalue weighted by atomic mass is 10.0. The fourth-order valence-corrected chi connectivity index (χ4v) is 2.67. The molecule has 0 radical (unpaired) electrons. The van der Waals surface area contributed by atoms with Gasteiger partial charge in [-0.05, 0) is 44.9 Å². The zero-order valence-electron chi connectivity index (χ0n) is 13.5. The molecule has 4 nitrogen and oxygen atoms in total. The van der Waals surface area contributed by atoms with Gasteiger partial charge in [-0.3, -0.25) is 9.78 Å². The molecule has 22 heavy (non-hydrogen) atoms. The van der Waals surface area contributed by atoms with Crippen molar-refractivity contribution in [1.82, 2.24) is 9.88 Å². The largest absolute Gasteiger partial charge is 0.338 e. The summed E-state index contributed by atoms with van der Waals surface area (Å²) in [5, 5.41) is 0.936. The Hall–Kier alpha value is -1.94. The summed E-state index contributed by atoms with van der Waals surface area (Å²) in [4.78, 5) is 19.4. The molecule has 0 saturated heterocycles.